The topological polar surface area (TPSA) is 42.4 Å². The Balaban J connectivity index is 2.28. The maximum atomic E-state index is 13.8. The number of anilines is 1. The molecule has 0 unspecified atom stereocenters. The van der Waals surface area contributed by atoms with Crippen molar-refractivity contribution in [2.45, 2.75) is 33.3 Å². The Morgan fingerprint density at radius 1 is 1.18 bits per heavy atom. The summed E-state index contributed by atoms with van der Waals surface area (Å²) in [5.74, 6) is -0.0190. The summed E-state index contributed by atoms with van der Waals surface area (Å²) in [5, 5.41) is 0.831. The minimum atomic E-state index is -0.652. The number of fused-ring (bicyclic) bond motifs is 1. The molecule has 0 aliphatic rings. The number of ether oxygens (including phenoxy) is 1. The molecular weight excluding hydrogens is 379 g/mol. The summed E-state index contributed by atoms with van der Waals surface area (Å²) in [6, 6.07) is 13.6. The van der Waals surface area contributed by atoms with E-state index in [0.717, 1.165) is 5.56 Å². The van der Waals surface area contributed by atoms with Crippen LogP contribution in [0.4, 0.5) is 15.0 Å². The fourth-order valence-electron chi connectivity index (χ4n) is 2.92. The van der Waals surface area contributed by atoms with Gasteiger partial charge in [0.2, 0.25) is 0 Å². The zero-order valence-electron chi connectivity index (χ0n) is 16.3. The summed E-state index contributed by atoms with van der Waals surface area (Å²) in [7, 11) is 0. The number of amides is 1. The minimum absolute atomic E-state index is 0.338. The summed E-state index contributed by atoms with van der Waals surface area (Å²) in [6.45, 7) is 7.59. The van der Waals surface area contributed by atoms with Crippen molar-refractivity contribution >= 4 is 34.4 Å². The molecule has 3 rings (SSSR count). The summed E-state index contributed by atoms with van der Waals surface area (Å²) < 4.78 is 19.4. The van der Waals surface area contributed by atoms with Crippen molar-refractivity contribution in [3.05, 3.63) is 59.4 Å². The quantitative estimate of drug-likeness (QED) is 0.507. The molecule has 146 valence electrons. The molecule has 0 spiro atoms. The van der Waals surface area contributed by atoms with Gasteiger partial charge in [-0.1, -0.05) is 41.9 Å². The van der Waals surface area contributed by atoms with Gasteiger partial charge in [0.25, 0.3) is 0 Å². The fourth-order valence-corrected chi connectivity index (χ4v) is 3.27. The summed E-state index contributed by atoms with van der Waals surface area (Å²) in [5.41, 5.74) is 1.20. The number of hydrogen-bond acceptors (Lipinski definition) is 3. The lowest BCUT2D eigenvalue weighted by Crippen LogP contribution is -2.37. The predicted molar refractivity (Wildman–Crippen MR) is 111 cm³/mol. The molecule has 1 amide bonds. The number of halogens is 2. The Morgan fingerprint density at radius 3 is 2.46 bits per heavy atom. The number of carbonyl (C=O) groups is 1. The third kappa shape index (κ3) is 4.09. The molecule has 28 heavy (non-hydrogen) atoms. The Morgan fingerprint density at radius 2 is 1.86 bits per heavy atom. The summed E-state index contributed by atoms with van der Waals surface area (Å²) in [4.78, 5) is 18.9. The Hall–Kier alpha value is -2.66. The molecule has 0 saturated heterocycles. The SMILES string of the molecule is CCN(C(=O)OC(C)(C)C)c1nc2ccc(F)cc2c(Cl)c1-c1ccccc1. The molecule has 3 aromatic rings. The number of pyridine rings is 1. The maximum Gasteiger partial charge on any atom is 0.416 e. The van der Waals surface area contributed by atoms with Crippen molar-refractivity contribution in [2.75, 3.05) is 11.4 Å². The van der Waals surface area contributed by atoms with E-state index in [4.69, 9.17) is 16.3 Å². The number of hydrogen-bond donors (Lipinski definition) is 0. The smallest absolute Gasteiger partial charge is 0.416 e. The van der Waals surface area contributed by atoms with Gasteiger partial charge in [-0.2, -0.15) is 0 Å². The van der Waals surface area contributed by atoms with E-state index in [1.165, 1.54) is 17.0 Å². The second-order valence-electron chi connectivity index (χ2n) is 7.38. The molecule has 0 aliphatic heterocycles. The Labute approximate surface area is 168 Å². The standard InChI is InChI=1S/C22H22ClFN2O2/c1-5-26(21(27)28-22(2,3)4)20-18(14-9-7-6-8-10-14)19(23)16-13-15(24)11-12-17(16)25-20/h6-13H,5H2,1-4H3. The molecule has 4 nitrogen and oxygen atoms in total. The largest absolute Gasteiger partial charge is 0.443 e. The van der Waals surface area contributed by atoms with Crippen LogP contribution in [0, 0.1) is 5.82 Å². The molecule has 1 aromatic heterocycles. The van der Waals surface area contributed by atoms with Gasteiger partial charge < -0.3 is 4.74 Å². The average Bonchev–Trinajstić information content (AvgIpc) is 2.62. The molecular formula is C22H22ClFN2O2. The summed E-state index contributed by atoms with van der Waals surface area (Å²) >= 11 is 6.71. The van der Waals surface area contributed by atoms with Crippen LogP contribution in [0.15, 0.2) is 48.5 Å². The molecule has 0 bridgehead atoms. The molecule has 0 fully saturated rings. The van der Waals surface area contributed by atoms with Crippen LogP contribution in [0.2, 0.25) is 5.02 Å². The fraction of sp³-hybridized carbons (Fsp3) is 0.273. The minimum Gasteiger partial charge on any atom is -0.443 e. The third-order valence-corrected chi connectivity index (χ3v) is 4.51. The maximum absolute atomic E-state index is 13.8. The van der Waals surface area contributed by atoms with E-state index in [0.29, 0.717) is 33.9 Å². The second-order valence-corrected chi connectivity index (χ2v) is 7.75. The van der Waals surface area contributed by atoms with Crippen LogP contribution in [-0.4, -0.2) is 23.2 Å². The van der Waals surface area contributed by atoms with Gasteiger partial charge in [-0.05, 0) is 51.5 Å². The van der Waals surface area contributed by atoms with Gasteiger partial charge in [-0.3, -0.25) is 4.90 Å². The van der Waals surface area contributed by atoms with Crippen molar-refractivity contribution in [3.63, 3.8) is 0 Å². The van der Waals surface area contributed by atoms with Crippen molar-refractivity contribution in [1.29, 1.82) is 0 Å². The van der Waals surface area contributed by atoms with E-state index in [9.17, 15) is 9.18 Å². The van der Waals surface area contributed by atoms with Gasteiger partial charge in [0.1, 0.15) is 17.2 Å². The number of carbonyl (C=O) groups excluding carboxylic acids is 1. The summed E-state index contributed by atoms with van der Waals surface area (Å²) in [6.07, 6.45) is -0.516. The van der Waals surface area contributed by atoms with Crippen LogP contribution >= 0.6 is 11.6 Å². The molecule has 1 heterocycles. The van der Waals surface area contributed by atoms with Crippen LogP contribution in [0.25, 0.3) is 22.0 Å². The molecule has 0 N–H and O–H groups in total. The lowest BCUT2D eigenvalue weighted by Gasteiger charge is -2.28. The lowest BCUT2D eigenvalue weighted by molar-refractivity contribution is 0.0581. The van der Waals surface area contributed by atoms with Crippen LogP contribution in [-0.2, 0) is 4.74 Å². The van der Waals surface area contributed by atoms with E-state index in [1.54, 1.807) is 26.8 Å². The average molecular weight is 401 g/mol. The zero-order valence-corrected chi connectivity index (χ0v) is 17.0. The van der Waals surface area contributed by atoms with Gasteiger partial charge in [0.15, 0.2) is 0 Å². The van der Waals surface area contributed by atoms with Crippen molar-refractivity contribution in [3.8, 4) is 11.1 Å². The van der Waals surface area contributed by atoms with E-state index in [-0.39, 0.29) is 0 Å². The Kier molecular flexibility index (Phi) is 5.57. The predicted octanol–water partition coefficient (Wildman–Crippen LogP) is 6.46. The molecule has 0 saturated carbocycles. The third-order valence-electron chi connectivity index (χ3n) is 4.11. The molecule has 0 aliphatic carbocycles. The Bertz CT molecular complexity index is 1020. The number of aromatic nitrogens is 1. The zero-order chi connectivity index (χ0) is 20.5. The lowest BCUT2D eigenvalue weighted by atomic mass is 10.0. The normalized spacial score (nSPS) is 11.5. The first-order valence-electron chi connectivity index (χ1n) is 9.06. The molecule has 2 aromatic carbocycles. The van der Waals surface area contributed by atoms with Crippen LogP contribution in [0.1, 0.15) is 27.7 Å². The first kappa shape index (κ1) is 20.1. The van der Waals surface area contributed by atoms with Gasteiger partial charge in [-0.15, -0.1) is 0 Å². The highest BCUT2D eigenvalue weighted by atomic mass is 35.5. The van der Waals surface area contributed by atoms with Crippen LogP contribution < -0.4 is 4.90 Å². The van der Waals surface area contributed by atoms with Crippen LogP contribution in [0.5, 0.6) is 0 Å². The van der Waals surface area contributed by atoms with Crippen LogP contribution in [0.3, 0.4) is 0 Å². The first-order chi connectivity index (χ1) is 13.2. The van der Waals surface area contributed by atoms with E-state index >= 15 is 0 Å². The van der Waals surface area contributed by atoms with Crippen molar-refractivity contribution < 1.29 is 13.9 Å². The second kappa shape index (κ2) is 7.76. The first-order valence-corrected chi connectivity index (χ1v) is 9.43. The molecule has 6 heteroatoms. The van der Waals surface area contributed by atoms with Gasteiger partial charge >= 0.3 is 6.09 Å². The number of rotatable bonds is 3. The van der Waals surface area contributed by atoms with Crippen molar-refractivity contribution in [2.24, 2.45) is 0 Å². The molecule has 0 radical (unpaired) electrons. The molecule has 0 atom stereocenters. The van der Waals surface area contributed by atoms with Gasteiger partial charge in [0.05, 0.1) is 10.5 Å². The monoisotopic (exact) mass is 400 g/mol. The van der Waals surface area contributed by atoms with E-state index in [1.807, 2.05) is 37.3 Å². The van der Waals surface area contributed by atoms with E-state index in [2.05, 4.69) is 4.98 Å². The number of nitrogens with zero attached hydrogens (tertiary/aromatic N) is 2. The van der Waals surface area contributed by atoms with Gasteiger partial charge in [-0.25, -0.2) is 14.2 Å². The highest BCUT2D eigenvalue weighted by Gasteiger charge is 2.27. The highest BCUT2D eigenvalue weighted by molar-refractivity contribution is 6.39. The van der Waals surface area contributed by atoms with Gasteiger partial charge in [0, 0.05) is 17.5 Å². The van der Waals surface area contributed by atoms with Crippen molar-refractivity contribution in [1.82, 2.24) is 4.98 Å². The number of benzene rings is 2. The van der Waals surface area contributed by atoms with E-state index < -0.39 is 17.5 Å². The highest BCUT2D eigenvalue weighted by Crippen LogP contribution is 2.40.